The molecule has 1 aliphatic heterocycles. The summed E-state index contributed by atoms with van der Waals surface area (Å²) in [7, 11) is 0. The van der Waals surface area contributed by atoms with Crippen molar-refractivity contribution >= 4 is 5.91 Å². The molecule has 1 aliphatic carbocycles. The first kappa shape index (κ1) is 14.4. The van der Waals surface area contributed by atoms with Gasteiger partial charge in [-0.2, -0.15) is 0 Å². The molecule has 2 aromatic rings. The quantitative estimate of drug-likeness (QED) is 0.931. The Balaban J connectivity index is 1.37. The zero-order valence-electron chi connectivity index (χ0n) is 13.2. The fourth-order valence-electron chi connectivity index (χ4n) is 3.52. The summed E-state index contributed by atoms with van der Waals surface area (Å²) >= 11 is 0. The predicted molar refractivity (Wildman–Crippen MR) is 84.6 cm³/mol. The van der Waals surface area contributed by atoms with Crippen molar-refractivity contribution in [3.8, 4) is 0 Å². The van der Waals surface area contributed by atoms with E-state index in [0.29, 0.717) is 13.1 Å². The highest BCUT2D eigenvalue weighted by Gasteiger charge is 2.25. The molecule has 0 aromatic carbocycles. The second kappa shape index (κ2) is 6.10. The molecule has 0 spiro atoms. The molecule has 6 nitrogen and oxygen atoms in total. The van der Waals surface area contributed by atoms with Crippen molar-refractivity contribution in [2.24, 2.45) is 5.92 Å². The van der Waals surface area contributed by atoms with Crippen LogP contribution >= 0.6 is 0 Å². The summed E-state index contributed by atoms with van der Waals surface area (Å²) in [5.74, 6) is 1.07. The maximum Gasteiger partial charge on any atom is 0.225 e. The summed E-state index contributed by atoms with van der Waals surface area (Å²) < 4.78 is 1.98. The molecule has 0 fully saturated rings. The molecule has 0 bridgehead atoms. The minimum atomic E-state index is -0.00359. The van der Waals surface area contributed by atoms with Gasteiger partial charge in [0.1, 0.15) is 12.2 Å². The fraction of sp³-hybridized carbons (Fsp3) is 0.529. The number of aromatic nitrogens is 4. The minimum absolute atomic E-state index is 0.00359. The second-order valence-corrected chi connectivity index (χ2v) is 6.47. The molecule has 1 amide bonds. The van der Waals surface area contributed by atoms with E-state index in [4.69, 9.17) is 4.98 Å². The third-order valence-electron chi connectivity index (χ3n) is 4.88. The van der Waals surface area contributed by atoms with Gasteiger partial charge in [0, 0.05) is 18.7 Å². The van der Waals surface area contributed by atoms with Gasteiger partial charge < -0.3 is 9.88 Å². The van der Waals surface area contributed by atoms with Crippen LogP contribution in [-0.2, 0) is 37.1 Å². The van der Waals surface area contributed by atoms with Crippen molar-refractivity contribution in [2.45, 2.75) is 51.6 Å². The Morgan fingerprint density at radius 3 is 3.13 bits per heavy atom. The van der Waals surface area contributed by atoms with Crippen molar-refractivity contribution in [3.05, 3.63) is 41.2 Å². The smallest absolute Gasteiger partial charge is 0.225 e. The highest BCUT2D eigenvalue weighted by atomic mass is 16.1. The van der Waals surface area contributed by atoms with E-state index in [9.17, 15) is 4.79 Å². The third-order valence-corrected chi connectivity index (χ3v) is 4.88. The summed E-state index contributed by atoms with van der Waals surface area (Å²) in [6.07, 6.45) is 8.04. The first-order chi connectivity index (χ1) is 11.3. The molecule has 2 aliphatic rings. The third kappa shape index (κ3) is 2.98. The number of carbonyl (C=O) groups excluding carboxylic acids is 1. The van der Waals surface area contributed by atoms with Crippen LogP contribution in [0.15, 0.2) is 18.5 Å². The molecule has 0 saturated carbocycles. The molecule has 0 radical (unpaired) electrons. The molecule has 1 unspecified atom stereocenters. The summed E-state index contributed by atoms with van der Waals surface area (Å²) in [5, 5.41) is 11.0. The minimum Gasteiger partial charge on any atom is -0.350 e. The zero-order chi connectivity index (χ0) is 15.6. The Kier molecular flexibility index (Phi) is 3.81. The second-order valence-electron chi connectivity index (χ2n) is 6.47. The van der Waals surface area contributed by atoms with Crippen molar-refractivity contribution in [2.75, 3.05) is 0 Å². The maximum absolute atomic E-state index is 12.4. The SMILES string of the molecule is O=C(NCc1ccc2c(n1)CCCC2)C1CCc2nncn2C1. The zero-order valence-corrected chi connectivity index (χ0v) is 13.2. The Bertz CT molecular complexity index is 724. The van der Waals surface area contributed by atoms with Crippen LogP contribution in [0.3, 0.4) is 0 Å². The van der Waals surface area contributed by atoms with Crippen molar-refractivity contribution in [1.82, 2.24) is 25.1 Å². The monoisotopic (exact) mass is 311 g/mol. The lowest BCUT2D eigenvalue weighted by Crippen LogP contribution is -2.35. The topological polar surface area (TPSA) is 72.7 Å². The predicted octanol–water partition coefficient (Wildman–Crippen LogP) is 1.43. The number of pyridine rings is 1. The van der Waals surface area contributed by atoms with Crippen LogP contribution in [0.4, 0.5) is 0 Å². The molecule has 0 saturated heterocycles. The number of nitrogens with one attached hydrogen (secondary N) is 1. The lowest BCUT2D eigenvalue weighted by Gasteiger charge is -2.22. The van der Waals surface area contributed by atoms with Gasteiger partial charge in [0.2, 0.25) is 5.91 Å². The lowest BCUT2D eigenvalue weighted by molar-refractivity contribution is -0.126. The summed E-state index contributed by atoms with van der Waals surface area (Å²) in [4.78, 5) is 17.1. The van der Waals surface area contributed by atoms with Gasteiger partial charge in [-0.05, 0) is 43.7 Å². The van der Waals surface area contributed by atoms with E-state index < -0.39 is 0 Å². The average Bonchev–Trinajstić information content (AvgIpc) is 3.07. The largest absolute Gasteiger partial charge is 0.350 e. The van der Waals surface area contributed by atoms with E-state index >= 15 is 0 Å². The van der Waals surface area contributed by atoms with Crippen LogP contribution < -0.4 is 5.32 Å². The first-order valence-electron chi connectivity index (χ1n) is 8.41. The number of hydrogen-bond acceptors (Lipinski definition) is 4. The van der Waals surface area contributed by atoms with E-state index in [-0.39, 0.29) is 11.8 Å². The summed E-state index contributed by atoms with van der Waals surface area (Å²) in [5.41, 5.74) is 3.55. The van der Waals surface area contributed by atoms with Gasteiger partial charge in [0.25, 0.3) is 0 Å². The summed E-state index contributed by atoms with van der Waals surface area (Å²) in [6, 6.07) is 4.22. The molecular weight excluding hydrogens is 290 g/mol. The van der Waals surface area contributed by atoms with Crippen molar-refractivity contribution in [3.63, 3.8) is 0 Å². The molecule has 6 heteroatoms. The van der Waals surface area contributed by atoms with E-state index in [1.807, 2.05) is 10.6 Å². The number of aryl methyl sites for hydroxylation is 3. The fourth-order valence-corrected chi connectivity index (χ4v) is 3.52. The van der Waals surface area contributed by atoms with Crippen LogP contribution in [0.2, 0.25) is 0 Å². The van der Waals surface area contributed by atoms with Gasteiger partial charge in [-0.25, -0.2) is 0 Å². The molecule has 120 valence electrons. The van der Waals surface area contributed by atoms with Crippen LogP contribution in [0.1, 0.15) is 42.0 Å². The van der Waals surface area contributed by atoms with Crippen LogP contribution in [0.25, 0.3) is 0 Å². The number of rotatable bonds is 3. The molecule has 23 heavy (non-hydrogen) atoms. The molecule has 1 atom stereocenters. The van der Waals surface area contributed by atoms with E-state index in [0.717, 1.165) is 37.2 Å². The molecule has 3 heterocycles. The number of hydrogen-bond donors (Lipinski definition) is 1. The van der Waals surface area contributed by atoms with Gasteiger partial charge in [-0.3, -0.25) is 9.78 Å². The highest BCUT2D eigenvalue weighted by Crippen LogP contribution is 2.20. The van der Waals surface area contributed by atoms with Gasteiger partial charge in [0.05, 0.1) is 18.2 Å². The van der Waals surface area contributed by atoms with E-state index in [1.165, 1.54) is 24.1 Å². The van der Waals surface area contributed by atoms with Crippen LogP contribution in [0.5, 0.6) is 0 Å². The van der Waals surface area contributed by atoms with Crippen LogP contribution in [0, 0.1) is 5.92 Å². The van der Waals surface area contributed by atoms with E-state index in [2.05, 4.69) is 21.6 Å². The highest BCUT2D eigenvalue weighted by molar-refractivity contribution is 5.78. The van der Waals surface area contributed by atoms with Gasteiger partial charge in [-0.15, -0.1) is 10.2 Å². The average molecular weight is 311 g/mol. The summed E-state index contributed by atoms with van der Waals surface area (Å²) in [6.45, 7) is 1.18. The number of fused-ring (bicyclic) bond motifs is 2. The van der Waals surface area contributed by atoms with Gasteiger partial charge in [0.15, 0.2) is 0 Å². The Morgan fingerprint density at radius 2 is 2.17 bits per heavy atom. The molecular formula is C17H21N5O. The molecule has 1 N–H and O–H groups in total. The van der Waals surface area contributed by atoms with Crippen molar-refractivity contribution < 1.29 is 4.79 Å². The van der Waals surface area contributed by atoms with Gasteiger partial charge >= 0.3 is 0 Å². The number of amides is 1. The lowest BCUT2D eigenvalue weighted by atomic mass is 9.96. The van der Waals surface area contributed by atoms with E-state index in [1.54, 1.807) is 6.33 Å². The number of carbonyl (C=O) groups is 1. The maximum atomic E-state index is 12.4. The van der Waals surface area contributed by atoms with Gasteiger partial charge in [-0.1, -0.05) is 6.07 Å². The molecule has 2 aromatic heterocycles. The van der Waals surface area contributed by atoms with Crippen LogP contribution in [-0.4, -0.2) is 25.7 Å². The normalized spacial score (nSPS) is 19.7. The Labute approximate surface area is 135 Å². The Hall–Kier alpha value is -2.24. The molecule has 4 rings (SSSR count). The standard InChI is InChI=1S/C17H21N5O/c23-17(13-6-8-16-21-19-11-22(16)10-13)18-9-14-7-5-12-3-1-2-4-15(12)20-14/h5,7,11,13H,1-4,6,8-10H2,(H,18,23). The van der Waals surface area contributed by atoms with Crippen molar-refractivity contribution in [1.29, 1.82) is 0 Å². The number of nitrogens with zero attached hydrogens (tertiary/aromatic N) is 4. The first-order valence-corrected chi connectivity index (χ1v) is 8.41. The Morgan fingerprint density at radius 1 is 1.26 bits per heavy atom.